The first-order valence-corrected chi connectivity index (χ1v) is 10.1. The molecule has 6 heteroatoms. The molecule has 0 amide bonds. The molecule has 148 valence electrons. The third-order valence-corrected chi connectivity index (χ3v) is 5.03. The lowest BCUT2D eigenvalue weighted by Gasteiger charge is -2.12. The maximum Gasteiger partial charge on any atom is 0.212 e. The minimum Gasteiger partial charge on any atom is -0.440 e. The number of ether oxygens (including phenoxy) is 1. The molecule has 0 saturated heterocycles. The quantitative estimate of drug-likeness (QED) is 0.439. The van der Waals surface area contributed by atoms with Crippen molar-refractivity contribution in [2.75, 3.05) is 5.32 Å². The minimum atomic E-state index is 0.608. The van der Waals surface area contributed by atoms with E-state index in [1.165, 1.54) is 0 Å². The smallest absolute Gasteiger partial charge is 0.212 e. The summed E-state index contributed by atoms with van der Waals surface area (Å²) in [5.41, 5.74) is 3.81. The van der Waals surface area contributed by atoms with Crippen LogP contribution in [0.25, 0.3) is 22.0 Å². The second kappa shape index (κ2) is 8.28. The van der Waals surface area contributed by atoms with E-state index in [1.807, 2.05) is 86.7 Å². The van der Waals surface area contributed by atoms with Crippen LogP contribution in [-0.4, -0.2) is 23.0 Å². The van der Waals surface area contributed by atoms with Gasteiger partial charge in [-0.25, -0.2) is 4.98 Å². The molecule has 0 aliphatic heterocycles. The maximum atomic E-state index is 5.88. The first-order valence-electron chi connectivity index (χ1n) is 10.1. The fourth-order valence-corrected chi connectivity index (χ4v) is 3.44. The predicted molar refractivity (Wildman–Crippen MR) is 127 cm³/mol. The van der Waals surface area contributed by atoms with Gasteiger partial charge in [0.25, 0.3) is 0 Å². The molecule has 3 aromatic carbocycles. The monoisotopic (exact) mass is 402 g/mol. The average Bonchev–Trinajstić information content (AvgIpc) is 2.82. The van der Waals surface area contributed by atoms with Crippen molar-refractivity contribution in [2.45, 2.75) is 0 Å². The van der Waals surface area contributed by atoms with Crippen LogP contribution in [0, 0.1) is 0 Å². The molecule has 0 saturated carbocycles. The number of rotatable bonds is 5. The Bertz CT molecular complexity index is 1340. The lowest BCUT2D eigenvalue weighted by Crippen LogP contribution is -2.07. The largest absolute Gasteiger partial charge is 0.440 e. The highest BCUT2D eigenvalue weighted by Crippen LogP contribution is 2.31. The van der Waals surface area contributed by atoms with Crippen molar-refractivity contribution in [1.82, 2.24) is 15.2 Å². The maximum absolute atomic E-state index is 5.88. The van der Waals surface area contributed by atoms with E-state index in [2.05, 4.69) is 32.6 Å². The van der Waals surface area contributed by atoms with Gasteiger partial charge < -0.3 is 10.1 Å². The van der Waals surface area contributed by atoms with Gasteiger partial charge in [-0.05, 0) is 35.8 Å². The third kappa shape index (κ3) is 3.96. The standard InChI is InChI=1S/C25H19BN4O/c26-22-11-6-16-27-25(22)31-19-14-12-18(13-15-19)28-24-21-10-5-4-9-20(21)23(29-30-24)17-7-2-1-3-8-17/h1-16H,26H2,(H,28,30). The summed E-state index contributed by atoms with van der Waals surface area (Å²) in [6.45, 7) is 0. The highest BCUT2D eigenvalue weighted by molar-refractivity contribution is 6.33. The topological polar surface area (TPSA) is 59.9 Å². The van der Waals surface area contributed by atoms with Crippen molar-refractivity contribution >= 4 is 35.6 Å². The first kappa shape index (κ1) is 18.8. The normalized spacial score (nSPS) is 10.7. The fraction of sp³-hybridized carbons (Fsp3) is 0. The molecule has 2 heterocycles. The second-order valence-electron chi connectivity index (χ2n) is 7.19. The molecule has 0 atom stereocenters. The molecular formula is C25H19BN4O. The van der Waals surface area contributed by atoms with Gasteiger partial charge in [0.15, 0.2) is 5.82 Å². The van der Waals surface area contributed by atoms with Crippen LogP contribution in [-0.2, 0) is 0 Å². The molecule has 5 rings (SSSR count). The number of fused-ring (bicyclic) bond motifs is 1. The van der Waals surface area contributed by atoms with E-state index in [-0.39, 0.29) is 0 Å². The summed E-state index contributed by atoms with van der Waals surface area (Å²) < 4.78 is 5.88. The van der Waals surface area contributed by atoms with Gasteiger partial charge >= 0.3 is 0 Å². The first-order chi connectivity index (χ1) is 15.3. The van der Waals surface area contributed by atoms with Gasteiger partial charge in [0.05, 0.1) is 0 Å². The number of hydrogen-bond acceptors (Lipinski definition) is 5. The minimum absolute atomic E-state index is 0.608. The number of aromatic nitrogens is 3. The number of nitrogens with zero attached hydrogens (tertiary/aromatic N) is 3. The van der Waals surface area contributed by atoms with E-state index < -0.39 is 0 Å². The Balaban J connectivity index is 1.43. The second-order valence-corrected chi connectivity index (χ2v) is 7.19. The Labute approximate surface area is 181 Å². The van der Waals surface area contributed by atoms with Crippen molar-refractivity contribution in [3.8, 4) is 22.9 Å². The molecule has 31 heavy (non-hydrogen) atoms. The summed E-state index contributed by atoms with van der Waals surface area (Å²) in [5.74, 6) is 2.05. The van der Waals surface area contributed by atoms with Crippen molar-refractivity contribution in [2.24, 2.45) is 0 Å². The van der Waals surface area contributed by atoms with Crippen LogP contribution in [0.3, 0.4) is 0 Å². The molecule has 0 spiro atoms. The molecule has 5 aromatic rings. The number of anilines is 2. The van der Waals surface area contributed by atoms with Crippen LogP contribution in [0.1, 0.15) is 0 Å². The summed E-state index contributed by atoms with van der Waals surface area (Å²) in [5, 5.41) is 14.4. The van der Waals surface area contributed by atoms with E-state index >= 15 is 0 Å². The van der Waals surface area contributed by atoms with E-state index in [9.17, 15) is 0 Å². The van der Waals surface area contributed by atoms with E-state index in [1.54, 1.807) is 6.20 Å². The van der Waals surface area contributed by atoms with Crippen molar-refractivity contribution < 1.29 is 4.74 Å². The van der Waals surface area contributed by atoms with Gasteiger partial charge in [0, 0.05) is 28.2 Å². The molecule has 1 N–H and O–H groups in total. The molecular weight excluding hydrogens is 383 g/mol. The molecule has 0 bridgehead atoms. The van der Waals surface area contributed by atoms with Crippen LogP contribution in [0.2, 0.25) is 0 Å². The number of benzene rings is 3. The van der Waals surface area contributed by atoms with Crippen LogP contribution in [0.15, 0.2) is 97.2 Å². The van der Waals surface area contributed by atoms with E-state index in [0.717, 1.165) is 38.9 Å². The Kier molecular flexibility index (Phi) is 5.03. The SMILES string of the molecule is Bc1cccnc1Oc1ccc(Nc2nnc(-c3ccccc3)c3ccccc23)cc1. The van der Waals surface area contributed by atoms with Gasteiger partial charge in [-0.3, -0.25) is 0 Å². The Morgan fingerprint density at radius 3 is 2.23 bits per heavy atom. The van der Waals surface area contributed by atoms with Crippen LogP contribution >= 0.6 is 0 Å². The average molecular weight is 402 g/mol. The summed E-state index contributed by atoms with van der Waals surface area (Å²) >= 11 is 0. The molecule has 0 fully saturated rings. The zero-order valence-corrected chi connectivity index (χ0v) is 17.0. The summed E-state index contributed by atoms with van der Waals surface area (Å²) in [7, 11) is 1.97. The number of nitrogens with one attached hydrogen (secondary N) is 1. The van der Waals surface area contributed by atoms with E-state index in [4.69, 9.17) is 4.74 Å². The Hall–Kier alpha value is -4.19. The van der Waals surface area contributed by atoms with Gasteiger partial charge in [-0.15, -0.1) is 10.2 Å². The van der Waals surface area contributed by atoms with Gasteiger partial charge in [-0.1, -0.05) is 60.7 Å². The zero-order chi connectivity index (χ0) is 21.0. The molecule has 5 nitrogen and oxygen atoms in total. The summed E-state index contributed by atoms with van der Waals surface area (Å²) in [4.78, 5) is 4.27. The van der Waals surface area contributed by atoms with Gasteiger partial charge in [0.1, 0.15) is 19.3 Å². The Morgan fingerprint density at radius 1 is 0.710 bits per heavy atom. The predicted octanol–water partition coefficient (Wildman–Crippen LogP) is 4.49. The van der Waals surface area contributed by atoms with E-state index in [0.29, 0.717) is 11.7 Å². The molecule has 0 aliphatic rings. The number of hydrogen-bond donors (Lipinski definition) is 1. The fourth-order valence-electron chi connectivity index (χ4n) is 3.44. The van der Waals surface area contributed by atoms with Crippen molar-refractivity contribution in [3.63, 3.8) is 0 Å². The lowest BCUT2D eigenvalue weighted by molar-refractivity contribution is 0.467. The summed E-state index contributed by atoms with van der Waals surface area (Å²) in [6.07, 6.45) is 1.72. The van der Waals surface area contributed by atoms with Crippen LogP contribution in [0.4, 0.5) is 11.5 Å². The summed E-state index contributed by atoms with van der Waals surface area (Å²) in [6, 6.07) is 29.9. The molecule has 0 aliphatic carbocycles. The molecule has 0 unspecified atom stereocenters. The highest BCUT2D eigenvalue weighted by Gasteiger charge is 2.11. The third-order valence-electron chi connectivity index (χ3n) is 5.03. The molecule has 0 radical (unpaired) electrons. The zero-order valence-electron chi connectivity index (χ0n) is 17.0. The number of pyridine rings is 1. The van der Waals surface area contributed by atoms with Crippen LogP contribution < -0.4 is 15.5 Å². The van der Waals surface area contributed by atoms with Gasteiger partial charge in [-0.2, -0.15) is 0 Å². The highest BCUT2D eigenvalue weighted by atomic mass is 16.5. The van der Waals surface area contributed by atoms with Crippen molar-refractivity contribution in [1.29, 1.82) is 0 Å². The molecule has 2 aromatic heterocycles. The van der Waals surface area contributed by atoms with Crippen LogP contribution in [0.5, 0.6) is 11.6 Å². The van der Waals surface area contributed by atoms with Gasteiger partial charge in [0.2, 0.25) is 5.88 Å². The van der Waals surface area contributed by atoms with Crippen molar-refractivity contribution in [3.05, 3.63) is 97.2 Å². The Morgan fingerprint density at radius 2 is 1.45 bits per heavy atom. The lowest BCUT2D eigenvalue weighted by atomic mass is 9.98.